The van der Waals surface area contributed by atoms with E-state index in [1.807, 2.05) is 0 Å². The van der Waals surface area contributed by atoms with E-state index in [4.69, 9.17) is 4.74 Å². The summed E-state index contributed by atoms with van der Waals surface area (Å²) < 4.78 is 10.5. The summed E-state index contributed by atoms with van der Waals surface area (Å²) in [5, 5.41) is 0.288. The van der Waals surface area contributed by atoms with Crippen molar-refractivity contribution in [3.8, 4) is 0 Å². The first-order valence-electron chi connectivity index (χ1n) is 7.03. The Morgan fingerprint density at radius 2 is 2.21 bits per heavy atom. The Labute approximate surface area is 121 Å². The Morgan fingerprint density at radius 3 is 2.84 bits per heavy atom. The van der Waals surface area contributed by atoms with Gasteiger partial charge in [-0.15, -0.1) is 0 Å². The van der Waals surface area contributed by atoms with Crippen molar-refractivity contribution in [1.82, 2.24) is 4.90 Å². The molecule has 0 aromatic heterocycles. The van der Waals surface area contributed by atoms with Crippen molar-refractivity contribution in [2.75, 3.05) is 39.1 Å². The van der Waals surface area contributed by atoms with E-state index < -0.39 is 0 Å². The molecule has 0 aromatic rings. The number of rotatable bonds is 7. The first kappa shape index (κ1) is 16.8. The number of thioether (sulfide) groups is 1. The van der Waals surface area contributed by atoms with E-state index in [1.165, 1.54) is 7.11 Å². The number of morpholine rings is 1. The molecule has 0 N–H and O–H groups in total. The van der Waals surface area contributed by atoms with E-state index in [0.29, 0.717) is 12.3 Å². The summed E-state index contributed by atoms with van der Waals surface area (Å²) in [5.41, 5.74) is 0. The molecule has 1 aliphatic rings. The normalized spacial score (nSPS) is 22.5. The zero-order valence-electron chi connectivity index (χ0n) is 12.6. The fraction of sp³-hybridized carbons (Fsp3) is 0.929. The van der Waals surface area contributed by atoms with Crippen LogP contribution in [0.3, 0.4) is 0 Å². The fourth-order valence-electron chi connectivity index (χ4n) is 2.21. The Bertz CT molecular complexity index is 273. The molecule has 1 saturated heterocycles. The third kappa shape index (κ3) is 7.18. The zero-order chi connectivity index (χ0) is 14.3. The molecule has 1 aliphatic heterocycles. The van der Waals surface area contributed by atoms with Crippen LogP contribution in [0.5, 0.6) is 0 Å². The van der Waals surface area contributed by atoms with Crippen LogP contribution in [0.4, 0.5) is 0 Å². The number of hydrogen-bond donors (Lipinski definition) is 0. The summed E-state index contributed by atoms with van der Waals surface area (Å²) in [6.07, 6.45) is 0.765. The van der Waals surface area contributed by atoms with Crippen molar-refractivity contribution in [3.63, 3.8) is 0 Å². The maximum atomic E-state index is 11.2. The Balaban J connectivity index is 2.23. The highest BCUT2D eigenvalue weighted by Gasteiger charge is 2.22. The monoisotopic (exact) mass is 289 g/mol. The van der Waals surface area contributed by atoms with Gasteiger partial charge in [-0.05, 0) is 5.92 Å². The molecule has 0 aromatic carbocycles. The molecular weight excluding hydrogens is 262 g/mol. The van der Waals surface area contributed by atoms with E-state index >= 15 is 0 Å². The second-order valence-electron chi connectivity index (χ2n) is 5.57. The molecule has 2 unspecified atom stereocenters. The largest absolute Gasteiger partial charge is 0.469 e. The molecule has 0 radical (unpaired) electrons. The minimum Gasteiger partial charge on any atom is -0.469 e. The first-order chi connectivity index (χ1) is 9.01. The standard InChI is InChI=1S/C14H27NO3S/c1-11(2)8-15-5-6-18-13(9-15)10-19-12(3)7-14(16)17-4/h11-13H,5-10H2,1-4H3. The SMILES string of the molecule is COC(=O)CC(C)SCC1CN(CC(C)C)CCO1. The summed E-state index contributed by atoms with van der Waals surface area (Å²) in [6.45, 7) is 10.6. The lowest BCUT2D eigenvalue weighted by atomic mass is 10.2. The van der Waals surface area contributed by atoms with E-state index in [9.17, 15) is 4.79 Å². The quantitative estimate of drug-likeness (QED) is 0.671. The summed E-state index contributed by atoms with van der Waals surface area (Å²) in [7, 11) is 1.44. The van der Waals surface area contributed by atoms with Crippen LogP contribution in [0.25, 0.3) is 0 Å². The van der Waals surface area contributed by atoms with Gasteiger partial charge in [0, 0.05) is 30.6 Å². The van der Waals surface area contributed by atoms with Crippen molar-refractivity contribution in [3.05, 3.63) is 0 Å². The highest BCUT2D eigenvalue weighted by Crippen LogP contribution is 2.19. The van der Waals surface area contributed by atoms with Crippen molar-refractivity contribution >= 4 is 17.7 Å². The molecule has 2 atom stereocenters. The lowest BCUT2D eigenvalue weighted by Gasteiger charge is -2.34. The van der Waals surface area contributed by atoms with Gasteiger partial charge in [-0.25, -0.2) is 0 Å². The average molecular weight is 289 g/mol. The molecule has 5 heteroatoms. The van der Waals surface area contributed by atoms with Gasteiger partial charge in [-0.3, -0.25) is 9.69 Å². The van der Waals surface area contributed by atoms with E-state index in [1.54, 1.807) is 11.8 Å². The van der Waals surface area contributed by atoms with Crippen LogP contribution in [0.1, 0.15) is 27.2 Å². The van der Waals surface area contributed by atoms with Crippen molar-refractivity contribution < 1.29 is 14.3 Å². The molecule has 19 heavy (non-hydrogen) atoms. The second-order valence-corrected chi connectivity index (χ2v) is 7.04. The molecule has 1 heterocycles. The van der Waals surface area contributed by atoms with E-state index in [2.05, 4.69) is 30.4 Å². The minimum absolute atomic E-state index is 0.133. The van der Waals surface area contributed by atoms with Gasteiger partial charge in [-0.1, -0.05) is 20.8 Å². The lowest BCUT2D eigenvalue weighted by molar-refractivity contribution is -0.140. The smallest absolute Gasteiger partial charge is 0.306 e. The van der Waals surface area contributed by atoms with Gasteiger partial charge in [0.1, 0.15) is 0 Å². The first-order valence-corrected chi connectivity index (χ1v) is 8.08. The van der Waals surface area contributed by atoms with Crippen LogP contribution in [0.15, 0.2) is 0 Å². The van der Waals surface area contributed by atoms with Crippen LogP contribution in [0.2, 0.25) is 0 Å². The van der Waals surface area contributed by atoms with Gasteiger partial charge >= 0.3 is 5.97 Å². The fourth-order valence-corrected chi connectivity index (χ4v) is 3.21. The van der Waals surface area contributed by atoms with Gasteiger partial charge in [0.05, 0.1) is 26.2 Å². The third-order valence-corrected chi connectivity index (χ3v) is 4.39. The third-order valence-electron chi connectivity index (χ3n) is 3.09. The number of ether oxygens (including phenoxy) is 2. The number of hydrogen-bond acceptors (Lipinski definition) is 5. The number of carbonyl (C=O) groups is 1. The van der Waals surface area contributed by atoms with E-state index in [-0.39, 0.29) is 17.3 Å². The number of carbonyl (C=O) groups excluding carboxylic acids is 1. The van der Waals surface area contributed by atoms with Gasteiger partial charge in [-0.2, -0.15) is 11.8 Å². The molecule has 0 spiro atoms. The molecule has 1 rings (SSSR count). The molecule has 1 fully saturated rings. The summed E-state index contributed by atoms with van der Waals surface area (Å²) >= 11 is 1.80. The van der Waals surface area contributed by atoms with Gasteiger partial charge in [0.25, 0.3) is 0 Å². The van der Waals surface area contributed by atoms with Crippen LogP contribution in [-0.4, -0.2) is 61.3 Å². The summed E-state index contributed by atoms with van der Waals surface area (Å²) in [6, 6.07) is 0. The van der Waals surface area contributed by atoms with Crippen LogP contribution >= 0.6 is 11.8 Å². The Hall–Kier alpha value is -0.260. The van der Waals surface area contributed by atoms with Crippen molar-refractivity contribution in [1.29, 1.82) is 0 Å². The van der Waals surface area contributed by atoms with Crippen LogP contribution in [0, 0.1) is 5.92 Å². The van der Waals surface area contributed by atoms with Gasteiger partial charge in [0.2, 0.25) is 0 Å². The number of methoxy groups -OCH3 is 1. The Morgan fingerprint density at radius 1 is 1.47 bits per heavy atom. The maximum Gasteiger partial charge on any atom is 0.306 e. The minimum atomic E-state index is -0.133. The predicted octanol–water partition coefficient (Wildman–Crippen LogP) is 2.03. The average Bonchev–Trinajstić information content (AvgIpc) is 2.36. The van der Waals surface area contributed by atoms with Crippen LogP contribution in [-0.2, 0) is 14.3 Å². The molecular formula is C14H27NO3S. The number of nitrogens with zero attached hydrogens (tertiary/aromatic N) is 1. The zero-order valence-corrected chi connectivity index (χ0v) is 13.4. The second kappa shape index (κ2) is 8.82. The lowest BCUT2D eigenvalue weighted by Crippen LogP contribution is -2.45. The Kier molecular flexibility index (Phi) is 7.80. The number of esters is 1. The van der Waals surface area contributed by atoms with Crippen molar-refractivity contribution in [2.45, 2.75) is 38.5 Å². The summed E-state index contributed by atoms with van der Waals surface area (Å²) in [4.78, 5) is 13.6. The van der Waals surface area contributed by atoms with Crippen LogP contribution < -0.4 is 0 Å². The highest BCUT2D eigenvalue weighted by atomic mass is 32.2. The molecule has 0 amide bonds. The molecule has 4 nitrogen and oxygen atoms in total. The molecule has 0 bridgehead atoms. The molecule has 112 valence electrons. The topological polar surface area (TPSA) is 38.8 Å². The maximum absolute atomic E-state index is 11.2. The predicted molar refractivity (Wildman–Crippen MR) is 79.6 cm³/mol. The van der Waals surface area contributed by atoms with Crippen molar-refractivity contribution in [2.24, 2.45) is 5.92 Å². The molecule has 0 aliphatic carbocycles. The van der Waals surface area contributed by atoms with Gasteiger partial charge in [0.15, 0.2) is 0 Å². The summed E-state index contributed by atoms with van der Waals surface area (Å²) in [5.74, 6) is 1.52. The van der Waals surface area contributed by atoms with Gasteiger partial charge < -0.3 is 9.47 Å². The van der Waals surface area contributed by atoms with E-state index in [0.717, 1.165) is 32.0 Å². The molecule has 0 saturated carbocycles. The highest BCUT2D eigenvalue weighted by molar-refractivity contribution is 7.99.